The van der Waals surface area contributed by atoms with Gasteiger partial charge in [0.1, 0.15) is 12.4 Å². The fourth-order valence-electron chi connectivity index (χ4n) is 1.15. The number of furan rings is 1. The first-order valence-corrected chi connectivity index (χ1v) is 4.66. The number of ether oxygens (including phenoxy) is 1. The number of halogens is 6. The molecule has 0 saturated heterocycles. The molecule has 0 bridgehead atoms. The fourth-order valence-corrected chi connectivity index (χ4v) is 1.15. The van der Waals surface area contributed by atoms with Gasteiger partial charge in [0.05, 0.1) is 6.26 Å². The zero-order valence-corrected chi connectivity index (χ0v) is 8.81. The van der Waals surface area contributed by atoms with Gasteiger partial charge in [0.2, 0.25) is 6.10 Å². The average molecular weight is 277 g/mol. The molecule has 3 nitrogen and oxygen atoms in total. The lowest BCUT2D eigenvalue weighted by Crippen LogP contribution is -2.44. The molecule has 0 spiro atoms. The van der Waals surface area contributed by atoms with Crippen LogP contribution in [0.3, 0.4) is 0 Å². The van der Waals surface area contributed by atoms with Crippen LogP contribution >= 0.6 is 0 Å². The second-order valence-electron chi connectivity index (χ2n) is 3.40. The van der Waals surface area contributed by atoms with Crippen LogP contribution in [0.5, 0.6) is 0 Å². The SMILES string of the molecule is NCc1coc(COC(C(F)(F)F)C(F)(F)F)c1. The van der Waals surface area contributed by atoms with E-state index in [2.05, 4.69) is 4.74 Å². The van der Waals surface area contributed by atoms with Crippen molar-refractivity contribution in [2.24, 2.45) is 5.73 Å². The minimum Gasteiger partial charge on any atom is -0.467 e. The smallest absolute Gasteiger partial charge is 0.423 e. The number of alkyl halides is 6. The van der Waals surface area contributed by atoms with Crippen LogP contribution in [0.25, 0.3) is 0 Å². The zero-order chi connectivity index (χ0) is 14.0. The second-order valence-corrected chi connectivity index (χ2v) is 3.40. The Morgan fingerprint density at radius 2 is 1.72 bits per heavy atom. The van der Waals surface area contributed by atoms with Gasteiger partial charge in [0, 0.05) is 12.1 Å². The Morgan fingerprint density at radius 1 is 1.17 bits per heavy atom. The predicted octanol–water partition coefficient (Wildman–Crippen LogP) is 2.75. The summed E-state index contributed by atoms with van der Waals surface area (Å²) in [4.78, 5) is 0. The van der Waals surface area contributed by atoms with E-state index in [1.54, 1.807) is 0 Å². The second kappa shape index (κ2) is 5.19. The van der Waals surface area contributed by atoms with Gasteiger partial charge >= 0.3 is 12.4 Å². The molecular formula is C9H9F6NO2. The molecule has 0 aromatic carbocycles. The largest absolute Gasteiger partial charge is 0.467 e. The first-order chi connectivity index (χ1) is 8.14. The van der Waals surface area contributed by atoms with Crippen molar-refractivity contribution in [1.82, 2.24) is 0 Å². The van der Waals surface area contributed by atoms with Gasteiger partial charge < -0.3 is 14.9 Å². The van der Waals surface area contributed by atoms with Gasteiger partial charge in [0.25, 0.3) is 0 Å². The van der Waals surface area contributed by atoms with Crippen LogP contribution in [0.4, 0.5) is 26.3 Å². The summed E-state index contributed by atoms with van der Waals surface area (Å²) in [6.45, 7) is -0.880. The zero-order valence-electron chi connectivity index (χ0n) is 8.81. The molecule has 9 heteroatoms. The van der Waals surface area contributed by atoms with Crippen molar-refractivity contribution in [3.05, 3.63) is 23.7 Å². The Morgan fingerprint density at radius 3 is 2.11 bits per heavy atom. The number of hydrogen-bond donors (Lipinski definition) is 1. The first-order valence-electron chi connectivity index (χ1n) is 4.66. The molecule has 0 aliphatic heterocycles. The molecule has 0 saturated carbocycles. The van der Waals surface area contributed by atoms with Gasteiger partial charge in [-0.15, -0.1) is 0 Å². The lowest BCUT2D eigenvalue weighted by molar-refractivity contribution is -0.325. The van der Waals surface area contributed by atoms with Crippen molar-refractivity contribution in [1.29, 1.82) is 0 Å². The average Bonchev–Trinajstić information content (AvgIpc) is 2.61. The van der Waals surface area contributed by atoms with E-state index in [1.165, 1.54) is 6.07 Å². The summed E-state index contributed by atoms with van der Waals surface area (Å²) in [5.41, 5.74) is 5.65. The predicted molar refractivity (Wildman–Crippen MR) is 47.3 cm³/mol. The van der Waals surface area contributed by atoms with Crippen molar-refractivity contribution < 1.29 is 35.5 Å². The van der Waals surface area contributed by atoms with Crippen molar-refractivity contribution in [3.63, 3.8) is 0 Å². The quantitative estimate of drug-likeness (QED) is 0.861. The molecule has 2 N–H and O–H groups in total. The maximum Gasteiger partial charge on any atom is 0.423 e. The highest BCUT2D eigenvalue weighted by Gasteiger charge is 2.58. The molecule has 0 aliphatic carbocycles. The summed E-state index contributed by atoms with van der Waals surface area (Å²) in [7, 11) is 0. The topological polar surface area (TPSA) is 48.4 Å². The monoisotopic (exact) mass is 277 g/mol. The molecule has 0 atom stereocenters. The van der Waals surface area contributed by atoms with Crippen LogP contribution in [-0.2, 0) is 17.9 Å². The highest BCUT2D eigenvalue weighted by atomic mass is 19.4. The van der Waals surface area contributed by atoms with Gasteiger partial charge in [-0.05, 0) is 6.07 Å². The van der Waals surface area contributed by atoms with Crippen LogP contribution in [0.15, 0.2) is 16.7 Å². The molecule has 1 aromatic heterocycles. The van der Waals surface area contributed by atoms with Crippen LogP contribution < -0.4 is 5.73 Å². The van der Waals surface area contributed by atoms with Crippen molar-refractivity contribution >= 4 is 0 Å². The molecule has 104 valence electrons. The molecular weight excluding hydrogens is 268 g/mol. The maximum absolute atomic E-state index is 12.1. The van der Waals surface area contributed by atoms with E-state index in [0.717, 1.165) is 6.26 Å². The highest BCUT2D eigenvalue weighted by Crippen LogP contribution is 2.36. The van der Waals surface area contributed by atoms with Gasteiger partial charge in [-0.1, -0.05) is 0 Å². The van der Waals surface area contributed by atoms with Crippen LogP contribution in [0.2, 0.25) is 0 Å². The van der Waals surface area contributed by atoms with Gasteiger partial charge in [0.15, 0.2) is 0 Å². The van der Waals surface area contributed by atoms with E-state index < -0.39 is 25.1 Å². The Hall–Kier alpha value is -1.22. The third-order valence-corrected chi connectivity index (χ3v) is 1.93. The molecule has 0 unspecified atom stereocenters. The lowest BCUT2D eigenvalue weighted by Gasteiger charge is -2.22. The first kappa shape index (κ1) is 14.8. The lowest BCUT2D eigenvalue weighted by atomic mass is 10.3. The number of hydrogen-bond acceptors (Lipinski definition) is 3. The summed E-state index contributed by atoms with van der Waals surface area (Å²) in [5.74, 6) is -0.158. The Labute approximate surface area is 97.5 Å². The molecule has 1 aromatic rings. The molecule has 18 heavy (non-hydrogen) atoms. The molecule has 0 fully saturated rings. The third-order valence-electron chi connectivity index (χ3n) is 1.93. The van der Waals surface area contributed by atoms with Crippen LogP contribution in [0, 0.1) is 0 Å². The number of rotatable bonds is 4. The minimum atomic E-state index is -5.53. The van der Waals surface area contributed by atoms with E-state index in [1.807, 2.05) is 0 Å². The van der Waals surface area contributed by atoms with E-state index in [-0.39, 0.29) is 12.3 Å². The fraction of sp³-hybridized carbons (Fsp3) is 0.556. The molecule has 1 rings (SSSR count). The molecule has 0 amide bonds. The van der Waals surface area contributed by atoms with E-state index in [4.69, 9.17) is 10.2 Å². The maximum atomic E-state index is 12.1. The van der Waals surface area contributed by atoms with E-state index >= 15 is 0 Å². The third kappa shape index (κ3) is 3.91. The van der Waals surface area contributed by atoms with E-state index in [9.17, 15) is 26.3 Å². The minimum absolute atomic E-state index is 0.0610. The van der Waals surface area contributed by atoms with Crippen molar-refractivity contribution in [3.8, 4) is 0 Å². The van der Waals surface area contributed by atoms with Gasteiger partial charge in [-0.25, -0.2) is 0 Å². The Kier molecular flexibility index (Phi) is 4.28. The highest BCUT2D eigenvalue weighted by molar-refractivity contribution is 5.11. The Balaban J connectivity index is 2.68. The van der Waals surface area contributed by atoms with E-state index in [0.29, 0.717) is 5.56 Å². The molecule has 0 radical (unpaired) electrons. The molecule has 1 heterocycles. The summed E-state index contributed by atoms with van der Waals surface area (Å²) in [6.07, 6.45) is -13.8. The standard InChI is InChI=1S/C9H9F6NO2/c10-8(11,12)7(9(13,14)15)18-4-6-1-5(2-16)3-17-6/h1,3,7H,2,4,16H2. The summed E-state index contributed by atoms with van der Waals surface area (Å²) in [6, 6.07) is 1.23. The summed E-state index contributed by atoms with van der Waals surface area (Å²) in [5, 5.41) is 0. The molecule has 0 aliphatic rings. The van der Waals surface area contributed by atoms with Gasteiger partial charge in [-0.2, -0.15) is 26.3 Å². The van der Waals surface area contributed by atoms with Crippen LogP contribution in [0.1, 0.15) is 11.3 Å². The Bertz CT molecular complexity index is 369. The number of nitrogens with two attached hydrogens (primary N) is 1. The normalized spacial score (nSPS) is 13.3. The van der Waals surface area contributed by atoms with Crippen molar-refractivity contribution in [2.45, 2.75) is 31.6 Å². The summed E-state index contributed by atoms with van der Waals surface area (Å²) < 4.78 is 81.1. The van der Waals surface area contributed by atoms with Crippen LogP contribution in [-0.4, -0.2) is 18.5 Å². The summed E-state index contributed by atoms with van der Waals surface area (Å²) >= 11 is 0. The van der Waals surface area contributed by atoms with Gasteiger partial charge in [-0.3, -0.25) is 0 Å². The van der Waals surface area contributed by atoms with Crippen molar-refractivity contribution in [2.75, 3.05) is 0 Å².